The fourth-order valence-electron chi connectivity index (χ4n) is 3.83. The zero-order chi connectivity index (χ0) is 18.4. The fraction of sp³-hybridized carbons (Fsp3) is 0.739. The van der Waals surface area contributed by atoms with Crippen molar-refractivity contribution >= 4 is 0 Å². The molecule has 1 aromatic rings. The van der Waals surface area contributed by atoms with Crippen molar-refractivity contribution in [2.24, 2.45) is 0 Å². The number of unbranched alkanes of at least 4 members (excludes halogenated alkanes) is 9. The first-order valence-corrected chi connectivity index (χ1v) is 10.6. The Morgan fingerprint density at radius 3 is 1.84 bits per heavy atom. The lowest BCUT2D eigenvalue weighted by molar-refractivity contribution is -0.921. The monoisotopic (exact) mass is 348 g/mol. The van der Waals surface area contributed by atoms with Gasteiger partial charge >= 0.3 is 0 Å². The van der Waals surface area contributed by atoms with E-state index in [1.807, 2.05) is 0 Å². The van der Waals surface area contributed by atoms with Crippen LogP contribution in [0.1, 0.15) is 89.2 Å². The zero-order valence-electron chi connectivity index (χ0n) is 17.1. The maximum atomic E-state index is 9.43. The van der Waals surface area contributed by atoms with Gasteiger partial charge in [-0.15, -0.1) is 0 Å². The molecule has 1 aromatic carbocycles. The van der Waals surface area contributed by atoms with Gasteiger partial charge in [0, 0.05) is 12.0 Å². The summed E-state index contributed by atoms with van der Waals surface area (Å²) in [5.41, 5.74) is 1.41. The Kier molecular flexibility index (Phi) is 11.9. The van der Waals surface area contributed by atoms with Crippen molar-refractivity contribution in [1.82, 2.24) is 0 Å². The van der Waals surface area contributed by atoms with E-state index < -0.39 is 0 Å². The van der Waals surface area contributed by atoms with E-state index in [1.165, 1.54) is 76.2 Å². The first kappa shape index (κ1) is 22.2. The van der Waals surface area contributed by atoms with Crippen LogP contribution in [-0.4, -0.2) is 36.8 Å². The lowest BCUT2D eigenvalue weighted by Gasteiger charge is -2.38. The van der Waals surface area contributed by atoms with Crippen LogP contribution in [-0.2, 0) is 0 Å². The summed E-state index contributed by atoms with van der Waals surface area (Å²) in [6.45, 7) is 3.36. The molecule has 0 fully saturated rings. The van der Waals surface area contributed by atoms with E-state index in [4.69, 9.17) is 0 Å². The average Bonchev–Trinajstić information content (AvgIpc) is 2.60. The van der Waals surface area contributed by atoms with Gasteiger partial charge in [0.05, 0.1) is 20.7 Å². The topological polar surface area (TPSA) is 20.2 Å². The molecule has 0 aliphatic rings. The standard InChI is InChI=1S/C23H42NO/c1-4-5-6-7-8-9-10-11-12-16-19-23(24(2,3)20-21-25)22-17-14-13-15-18-22/h13-15,17-18,23,25H,4-12,16,19-21H2,1-3H3/q+1. The number of hydrogen-bond donors (Lipinski definition) is 1. The van der Waals surface area contributed by atoms with Crippen molar-refractivity contribution < 1.29 is 9.59 Å². The molecule has 144 valence electrons. The zero-order valence-corrected chi connectivity index (χ0v) is 17.1. The summed E-state index contributed by atoms with van der Waals surface area (Å²) in [6.07, 6.45) is 15.1. The summed E-state index contributed by atoms with van der Waals surface area (Å²) < 4.78 is 0.873. The Labute approximate surface area is 156 Å². The van der Waals surface area contributed by atoms with Crippen LogP contribution in [0, 0.1) is 0 Å². The summed E-state index contributed by atoms with van der Waals surface area (Å²) in [4.78, 5) is 0. The Morgan fingerprint density at radius 1 is 0.800 bits per heavy atom. The van der Waals surface area contributed by atoms with Gasteiger partial charge in [0.2, 0.25) is 0 Å². The van der Waals surface area contributed by atoms with Crippen LogP contribution in [0.25, 0.3) is 0 Å². The number of aliphatic hydroxyl groups is 1. The molecule has 2 nitrogen and oxygen atoms in total. The first-order chi connectivity index (χ1) is 12.1. The van der Waals surface area contributed by atoms with Gasteiger partial charge in [-0.05, 0) is 6.42 Å². The van der Waals surface area contributed by atoms with E-state index in [9.17, 15) is 5.11 Å². The largest absolute Gasteiger partial charge is 0.391 e. The lowest BCUT2D eigenvalue weighted by atomic mass is 9.96. The number of aliphatic hydroxyl groups excluding tert-OH is 1. The fourth-order valence-corrected chi connectivity index (χ4v) is 3.83. The number of hydrogen-bond acceptors (Lipinski definition) is 1. The third kappa shape index (κ3) is 9.42. The van der Waals surface area contributed by atoms with Crippen LogP contribution in [0.2, 0.25) is 0 Å². The van der Waals surface area contributed by atoms with Crippen molar-refractivity contribution in [2.45, 2.75) is 83.6 Å². The van der Waals surface area contributed by atoms with Crippen molar-refractivity contribution in [2.75, 3.05) is 27.2 Å². The second kappa shape index (κ2) is 13.4. The minimum atomic E-state index is 0.258. The van der Waals surface area contributed by atoms with Gasteiger partial charge in [-0.2, -0.15) is 0 Å². The normalized spacial score (nSPS) is 13.1. The van der Waals surface area contributed by atoms with Gasteiger partial charge < -0.3 is 9.59 Å². The molecule has 0 spiro atoms. The van der Waals surface area contributed by atoms with Crippen LogP contribution < -0.4 is 0 Å². The molecular weight excluding hydrogens is 306 g/mol. The third-order valence-corrected chi connectivity index (χ3v) is 5.54. The molecule has 0 saturated carbocycles. The van der Waals surface area contributed by atoms with Crippen LogP contribution in [0.15, 0.2) is 30.3 Å². The van der Waals surface area contributed by atoms with E-state index in [1.54, 1.807) is 0 Å². The second-order valence-corrected chi connectivity index (χ2v) is 8.12. The highest BCUT2D eigenvalue weighted by molar-refractivity contribution is 5.17. The highest BCUT2D eigenvalue weighted by Crippen LogP contribution is 2.30. The Morgan fingerprint density at radius 2 is 1.32 bits per heavy atom. The van der Waals surface area contributed by atoms with E-state index in [-0.39, 0.29) is 6.61 Å². The smallest absolute Gasteiger partial charge is 0.114 e. The van der Waals surface area contributed by atoms with Crippen LogP contribution in [0.5, 0.6) is 0 Å². The number of nitrogens with zero attached hydrogens (tertiary/aromatic N) is 1. The molecule has 1 atom stereocenters. The minimum Gasteiger partial charge on any atom is -0.391 e. The third-order valence-electron chi connectivity index (χ3n) is 5.54. The number of likely N-dealkylation sites (N-methyl/N-ethyl adjacent to an activating group) is 1. The number of benzene rings is 1. The molecule has 1 unspecified atom stereocenters. The van der Waals surface area contributed by atoms with Crippen LogP contribution >= 0.6 is 0 Å². The summed E-state index contributed by atoms with van der Waals surface area (Å²) in [7, 11) is 4.51. The van der Waals surface area contributed by atoms with E-state index in [0.717, 1.165) is 11.0 Å². The highest BCUT2D eigenvalue weighted by Gasteiger charge is 2.28. The highest BCUT2D eigenvalue weighted by atomic mass is 16.3. The van der Waals surface area contributed by atoms with Crippen molar-refractivity contribution in [3.8, 4) is 0 Å². The molecule has 0 bridgehead atoms. The Hall–Kier alpha value is -0.860. The molecule has 25 heavy (non-hydrogen) atoms. The van der Waals surface area contributed by atoms with Gasteiger partial charge in [-0.3, -0.25) is 0 Å². The summed E-state index contributed by atoms with van der Waals surface area (Å²) in [6, 6.07) is 11.4. The maximum Gasteiger partial charge on any atom is 0.114 e. The molecule has 0 aromatic heterocycles. The molecule has 0 saturated heterocycles. The maximum absolute atomic E-state index is 9.43. The van der Waals surface area contributed by atoms with Crippen molar-refractivity contribution in [1.29, 1.82) is 0 Å². The van der Waals surface area contributed by atoms with Gasteiger partial charge in [0.25, 0.3) is 0 Å². The summed E-state index contributed by atoms with van der Waals surface area (Å²) >= 11 is 0. The minimum absolute atomic E-state index is 0.258. The lowest BCUT2D eigenvalue weighted by Crippen LogP contribution is -2.45. The Balaban J connectivity index is 2.30. The van der Waals surface area contributed by atoms with Crippen LogP contribution in [0.3, 0.4) is 0 Å². The van der Waals surface area contributed by atoms with E-state index >= 15 is 0 Å². The molecule has 0 aliphatic carbocycles. The number of quaternary nitrogens is 1. The average molecular weight is 349 g/mol. The van der Waals surface area contributed by atoms with Gasteiger partial charge in [-0.1, -0.05) is 95.0 Å². The molecule has 1 rings (SSSR count). The first-order valence-electron chi connectivity index (χ1n) is 10.6. The van der Waals surface area contributed by atoms with Gasteiger partial charge in [-0.25, -0.2) is 0 Å². The number of rotatable bonds is 15. The molecular formula is C23H42NO+. The molecule has 2 heteroatoms. The summed E-state index contributed by atoms with van der Waals surface area (Å²) in [5.74, 6) is 0. The van der Waals surface area contributed by atoms with Gasteiger partial charge in [0.15, 0.2) is 0 Å². The quantitative estimate of drug-likeness (QED) is 0.299. The SMILES string of the molecule is CCCCCCCCCCCCC(c1ccccc1)[N+](C)(C)CCO. The molecule has 0 amide bonds. The van der Waals surface area contributed by atoms with Crippen LogP contribution in [0.4, 0.5) is 0 Å². The molecule has 1 N–H and O–H groups in total. The van der Waals surface area contributed by atoms with Crippen molar-refractivity contribution in [3.05, 3.63) is 35.9 Å². The van der Waals surface area contributed by atoms with E-state index in [0.29, 0.717) is 6.04 Å². The van der Waals surface area contributed by atoms with Gasteiger partial charge in [0.1, 0.15) is 12.6 Å². The molecule has 0 heterocycles. The predicted octanol–water partition coefficient (Wildman–Crippen LogP) is 6.11. The predicted molar refractivity (Wildman–Crippen MR) is 110 cm³/mol. The van der Waals surface area contributed by atoms with E-state index in [2.05, 4.69) is 51.4 Å². The summed E-state index contributed by atoms with van der Waals surface area (Å²) in [5, 5.41) is 9.43. The van der Waals surface area contributed by atoms with Crippen molar-refractivity contribution in [3.63, 3.8) is 0 Å². The Bertz CT molecular complexity index is 415. The second-order valence-electron chi connectivity index (χ2n) is 8.12. The molecule has 0 aliphatic heterocycles. The molecule has 0 radical (unpaired) electrons.